The lowest BCUT2D eigenvalue weighted by Crippen LogP contribution is -2.35. The summed E-state index contributed by atoms with van der Waals surface area (Å²) in [7, 11) is 0. The van der Waals surface area contributed by atoms with Gasteiger partial charge in [0.05, 0.1) is 0 Å². The molecule has 0 aliphatic heterocycles. The fourth-order valence-corrected chi connectivity index (χ4v) is 1.17. The predicted molar refractivity (Wildman–Crippen MR) is 47.6 cm³/mol. The Morgan fingerprint density at radius 3 is 2.90 bits per heavy atom. The summed E-state index contributed by atoms with van der Waals surface area (Å²) in [6, 6.07) is 0.289. The fraction of sp³-hybridized carbons (Fsp3) is 0.714. The topological polar surface area (TPSA) is 38.0 Å². The van der Waals surface area contributed by atoms with Crippen LogP contribution in [-0.4, -0.2) is 18.1 Å². The lowest BCUT2D eigenvalue weighted by molar-refractivity contribution is 0.528. The van der Waals surface area contributed by atoms with Gasteiger partial charge in [0, 0.05) is 12.5 Å². The predicted octanol–water partition coefficient (Wildman–Crippen LogP) is 0.595. The monoisotopic (exact) mass is 158 g/mol. The van der Waals surface area contributed by atoms with Crippen LogP contribution in [-0.2, 0) is 0 Å². The Hall–Kier alpha value is -0.170. The molecule has 0 saturated heterocycles. The third-order valence-electron chi connectivity index (χ3n) is 1.27. The maximum Gasteiger partial charge on any atom is 0.0327 e. The first kappa shape index (κ1) is 9.83. The van der Waals surface area contributed by atoms with E-state index in [4.69, 9.17) is 12.3 Å². The molecule has 58 valence electrons. The smallest absolute Gasteiger partial charge is 0.0327 e. The van der Waals surface area contributed by atoms with E-state index in [-0.39, 0.29) is 6.04 Å². The van der Waals surface area contributed by atoms with Crippen LogP contribution in [0.2, 0.25) is 0 Å². The highest BCUT2D eigenvalue weighted by molar-refractivity contribution is 7.98. The highest BCUT2D eigenvalue weighted by Crippen LogP contribution is 2.01. The van der Waals surface area contributed by atoms with Gasteiger partial charge in [0.2, 0.25) is 0 Å². The summed E-state index contributed by atoms with van der Waals surface area (Å²) in [6.45, 7) is 0. The molecule has 0 radical (unpaired) electrons. The third-order valence-corrected chi connectivity index (χ3v) is 1.91. The lowest BCUT2D eigenvalue weighted by atomic mass is 10.2. The van der Waals surface area contributed by atoms with Gasteiger partial charge in [-0.05, 0) is 18.4 Å². The van der Waals surface area contributed by atoms with Crippen LogP contribution in [0.4, 0.5) is 0 Å². The normalized spacial score (nSPS) is 12.5. The summed E-state index contributed by atoms with van der Waals surface area (Å²) in [6.07, 6.45) is 8.96. The number of terminal acetylenes is 1. The van der Waals surface area contributed by atoms with E-state index < -0.39 is 0 Å². The molecule has 0 heterocycles. The third kappa shape index (κ3) is 4.68. The molecular weight excluding hydrogens is 144 g/mol. The van der Waals surface area contributed by atoms with Gasteiger partial charge < -0.3 is 0 Å². The molecule has 1 unspecified atom stereocenters. The Morgan fingerprint density at radius 2 is 2.50 bits per heavy atom. The largest absolute Gasteiger partial charge is 0.271 e. The average molecular weight is 158 g/mol. The SMILES string of the molecule is C#CCC(CCSC)NN. The van der Waals surface area contributed by atoms with Gasteiger partial charge in [0.15, 0.2) is 0 Å². The highest BCUT2D eigenvalue weighted by Gasteiger charge is 2.01. The zero-order valence-corrected chi connectivity index (χ0v) is 7.08. The fourth-order valence-electron chi connectivity index (χ4n) is 0.647. The molecule has 0 spiro atoms. The minimum atomic E-state index is 0.289. The molecule has 10 heavy (non-hydrogen) atoms. The van der Waals surface area contributed by atoms with Crippen molar-refractivity contribution in [2.24, 2.45) is 5.84 Å². The maximum atomic E-state index is 5.24. The first-order valence-electron chi connectivity index (χ1n) is 3.23. The van der Waals surface area contributed by atoms with Crippen molar-refractivity contribution in [2.75, 3.05) is 12.0 Å². The minimum Gasteiger partial charge on any atom is -0.271 e. The van der Waals surface area contributed by atoms with Gasteiger partial charge >= 0.3 is 0 Å². The molecule has 0 aliphatic carbocycles. The molecule has 1 atom stereocenters. The number of rotatable bonds is 5. The maximum absolute atomic E-state index is 5.24. The Morgan fingerprint density at radius 1 is 1.80 bits per heavy atom. The van der Waals surface area contributed by atoms with Gasteiger partial charge in [0.1, 0.15) is 0 Å². The molecule has 3 heteroatoms. The second-order valence-corrected chi connectivity index (χ2v) is 3.04. The minimum absolute atomic E-state index is 0.289. The molecule has 0 aliphatic rings. The van der Waals surface area contributed by atoms with Crippen LogP contribution >= 0.6 is 11.8 Å². The molecule has 0 saturated carbocycles. The molecule has 0 aromatic rings. The van der Waals surface area contributed by atoms with E-state index in [0.29, 0.717) is 0 Å². The summed E-state index contributed by atoms with van der Waals surface area (Å²) in [5.41, 5.74) is 2.68. The number of hydrogen-bond donors (Lipinski definition) is 2. The van der Waals surface area contributed by atoms with Gasteiger partial charge in [-0.3, -0.25) is 11.3 Å². The van der Waals surface area contributed by atoms with E-state index in [2.05, 4.69) is 17.6 Å². The molecule has 0 bridgehead atoms. The van der Waals surface area contributed by atoms with Crippen molar-refractivity contribution < 1.29 is 0 Å². The van der Waals surface area contributed by atoms with Crippen molar-refractivity contribution in [1.29, 1.82) is 0 Å². The Bertz CT molecular complexity index is 109. The van der Waals surface area contributed by atoms with E-state index in [9.17, 15) is 0 Å². The van der Waals surface area contributed by atoms with Gasteiger partial charge in [-0.15, -0.1) is 12.3 Å². The van der Waals surface area contributed by atoms with E-state index in [1.165, 1.54) is 0 Å². The van der Waals surface area contributed by atoms with Crippen LogP contribution in [0.1, 0.15) is 12.8 Å². The van der Waals surface area contributed by atoms with E-state index >= 15 is 0 Å². The summed E-state index contributed by atoms with van der Waals surface area (Å²) >= 11 is 1.81. The summed E-state index contributed by atoms with van der Waals surface area (Å²) in [4.78, 5) is 0. The molecule has 0 aromatic heterocycles. The first-order chi connectivity index (χ1) is 4.85. The quantitative estimate of drug-likeness (QED) is 0.349. The van der Waals surface area contributed by atoms with E-state index in [1.54, 1.807) is 0 Å². The van der Waals surface area contributed by atoms with Crippen LogP contribution in [0.25, 0.3) is 0 Å². The Balaban J connectivity index is 3.32. The zero-order valence-electron chi connectivity index (χ0n) is 6.26. The van der Waals surface area contributed by atoms with Crippen molar-refractivity contribution in [1.82, 2.24) is 5.43 Å². The van der Waals surface area contributed by atoms with Crippen molar-refractivity contribution in [3.05, 3.63) is 0 Å². The summed E-state index contributed by atoms with van der Waals surface area (Å²) < 4.78 is 0. The molecular formula is C7H14N2S. The first-order valence-corrected chi connectivity index (χ1v) is 4.63. The van der Waals surface area contributed by atoms with Crippen molar-refractivity contribution in [2.45, 2.75) is 18.9 Å². The van der Waals surface area contributed by atoms with Crippen LogP contribution in [0.3, 0.4) is 0 Å². The number of thioether (sulfide) groups is 1. The summed E-state index contributed by atoms with van der Waals surface area (Å²) in [5, 5.41) is 0. The van der Waals surface area contributed by atoms with Crippen molar-refractivity contribution in [3.8, 4) is 12.3 Å². The van der Waals surface area contributed by atoms with Gasteiger partial charge in [-0.2, -0.15) is 11.8 Å². The number of hydrogen-bond acceptors (Lipinski definition) is 3. The molecule has 0 rings (SSSR count). The second-order valence-electron chi connectivity index (χ2n) is 2.05. The van der Waals surface area contributed by atoms with Crippen molar-refractivity contribution >= 4 is 11.8 Å². The average Bonchev–Trinajstić information content (AvgIpc) is 1.98. The van der Waals surface area contributed by atoms with Gasteiger partial charge in [0.25, 0.3) is 0 Å². The zero-order chi connectivity index (χ0) is 7.82. The Kier molecular flexibility index (Phi) is 6.83. The van der Waals surface area contributed by atoms with Gasteiger partial charge in [-0.25, -0.2) is 0 Å². The summed E-state index contributed by atoms with van der Waals surface area (Å²) in [5.74, 6) is 8.93. The van der Waals surface area contributed by atoms with E-state index in [0.717, 1.165) is 18.6 Å². The van der Waals surface area contributed by atoms with Crippen LogP contribution in [0.15, 0.2) is 0 Å². The van der Waals surface area contributed by atoms with Gasteiger partial charge in [-0.1, -0.05) is 0 Å². The molecule has 3 N–H and O–H groups in total. The molecule has 0 aromatic carbocycles. The number of hydrazine groups is 1. The van der Waals surface area contributed by atoms with Crippen LogP contribution in [0.5, 0.6) is 0 Å². The standard InChI is InChI=1S/C7H14N2S/c1-3-4-7(9-8)5-6-10-2/h1,7,9H,4-6,8H2,2H3. The van der Waals surface area contributed by atoms with Crippen LogP contribution < -0.4 is 11.3 Å². The molecule has 0 fully saturated rings. The molecule has 2 nitrogen and oxygen atoms in total. The Labute approximate surface area is 66.9 Å². The molecule has 0 amide bonds. The van der Waals surface area contributed by atoms with Crippen molar-refractivity contribution in [3.63, 3.8) is 0 Å². The lowest BCUT2D eigenvalue weighted by Gasteiger charge is -2.10. The number of nitrogens with two attached hydrogens (primary N) is 1. The van der Waals surface area contributed by atoms with E-state index in [1.807, 2.05) is 11.8 Å². The second kappa shape index (κ2) is 6.94. The highest BCUT2D eigenvalue weighted by atomic mass is 32.2. The number of nitrogens with one attached hydrogen (secondary N) is 1. The van der Waals surface area contributed by atoms with Crippen LogP contribution in [0, 0.1) is 12.3 Å².